The first-order valence-corrected chi connectivity index (χ1v) is 28.7. The second-order valence-corrected chi connectivity index (χ2v) is 21.4. The molecule has 0 aliphatic rings. The van der Waals surface area contributed by atoms with Crippen molar-refractivity contribution >= 4 is 13.7 Å². The van der Waals surface area contributed by atoms with Crippen LogP contribution in [0.2, 0.25) is 0 Å². The Hall–Kier alpha value is -1.02. The van der Waals surface area contributed by atoms with Crippen LogP contribution in [-0.2, 0) is 18.4 Å². The number of quaternary nitrogens is 1. The first-order chi connectivity index (χ1) is 30.5. The first kappa shape index (κ1) is 62.0. The highest BCUT2D eigenvalue weighted by atomic mass is 31.2. The molecule has 9 heteroatoms. The van der Waals surface area contributed by atoms with Gasteiger partial charge in [-0.05, 0) is 44.9 Å². The van der Waals surface area contributed by atoms with E-state index in [2.05, 4.69) is 43.5 Å². The van der Waals surface area contributed by atoms with Gasteiger partial charge in [-0.1, -0.05) is 237 Å². The van der Waals surface area contributed by atoms with E-state index in [0.29, 0.717) is 23.9 Å². The smallest absolute Gasteiger partial charge is 0.391 e. The van der Waals surface area contributed by atoms with Crippen molar-refractivity contribution in [3.8, 4) is 0 Å². The van der Waals surface area contributed by atoms with Crippen LogP contribution < -0.4 is 5.32 Å². The van der Waals surface area contributed by atoms with Crippen molar-refractivity contribution in [2.75, 3.05) is 40.9 Å². The third-order valence-corrected chi connectivity index (χ3v) is 13.4. The molecular weight excluding hydrogens is 804 g/mol. The predicted octanol–water partition coefficient (Wildman–Crippen LogP) is 16.0. The Morgan fingerprint density at radius 2 is 0.905 bits per heavy atom. The summed E-state index contributed by atoms with van der Waals surface area (Å²) in [4.78, 5) is 23.1. The maximum Gasteiger partial charge on any atom is 0.472 e. The fourth-order valence-corrected chi connectivity index (χ4v) is 8.87. The molecule has 3 unspecified atom stereocenters. The van der Waals surface area contributed by atoms with E-state index in [1.165, 1.54) is 193 Å². The molecular formula is C54H108N2O6P+. The number of nitrogens with one attached hydrogen (secondary N) is 1. The van der Waals surface area contributed by atoms with E-state index in [9.17, 15) is 19.4 Å². The Morgan fingerprint density at radius 1 is 0.540 bits per heavy atom. The van der Waals surface area contributed by atoms with Crippen LogP contribution in [-0.4, -0.2) is 73.4 Å². The van der Waals surface area contributed by atoms with Crippen molar-refractivity contribution < 1.29 is 32.9 Å². The Kier molecular flexibility index (Phi) is 45.4. The average Bonchev–Trinajstić information content (AvgIpc) is 3.24. The Bertz CT molecular complexity index is 1080. The number of nitrogens with zero attached hydrogens (tertiary/aromatic N) is 1. The lowest BCUT2D eigenvalue weighted by Gasteiger charge is -2.26. The Labute approximate surface area is 392 Å². The highest BCUT2D eigenvalue weighted by Crippen LogP contribution is 2.43. The molecule has 0 saturated heterocycles. The van der Waals surface area contributed by atoms with Gasteiger partial charge in [-0.2, -0.15) is 0 Å². The number of unbranched alkanes of at least 4 members (excludes halogenated alkanes) is 33. The Morgan fingerprint density at radius 3 is 1.30 bits per heavy atom. The summed E-state index contributed by atoms with van der Waals surface area (Å²) in [5.41, 5.74) is 0. The summed E-state index contributed by atoms with van der Waals surface area (Å²) in [6, 6.07) is -0.754. The molecule has 0 heterocycles. The van der Waals surface area contributed by atoms with Gasteiger partial charge in [0.1, 0.15) is 13.2 Å². The minimum Gasteiger partial charge on any atom is -0.391 e. The van der Waals surface area contributed by atoms with Crippen LogP contribution in [0.25, 0.3) is 0 Å². The number of amides is 1. The maximum absolute atomic E-state index is 12.9. The molecule has 0 aromatic rings. The maximum atomic E-state index is 12.9. The van der Waals surface area contributed by atoms with Gasteiger partial charge in [0.05, 0.1) is 39.9 Å². The van der Waals surface area contributed by atoms with E-state index >= 15 is 0 Å². The van der Waals surface area contributed by atoms with Gasteiger partial charge in [-0.25, -0.2) is 4.57 Å². The number of carbonyl (C=O) groups is 1. The molecule has 0 rings (SSSR count). The van der Waals surface area contributed by atoms with Gasteiger partial charge in [0.25, 0.3) is 0 Å². The van der Waals surface area contributed by atoms with Crippen LogP contribution >= 0.6 is 7.82 Å². The van der Waals surface area contributed by atoms with Gasteiger partial charge in [0.15, 0.2) is 0 Å². The van der Waals surface area contributed by atoms with Crippen LogP contribution in [0.1, 0.15) is 264 Å². The lowest BCUT2D eigenvalue weighted by molar-refractivity contribution is -0.870. The largest absolute Gasteiger partial charge is 0.472 e. The average molecular weight is 912 g/mol. The molecule has 0 bridgehead atoms. The number of phosphoric ester groups is 1. The van der Waals surface area contributed by atoms with Crippen LogP contribution in [0.15, 0.2) is 24.3 Å². The van der Waals surface area contributed by atoms with Crippen LogP contribution in [0.3, 0.4) is 0 Å². The second kappa shape index (κ2) is 46.1. The van der Waals surface area contributed by atoms with Gasteiger partial charge in [-0.15, -0.1) is 0 Å². The fourth-order valence-electron chi connectivity index (χ4n) is 8.14. The number of carbonyl (C=O) groups excluding carboxylic acids is 1. The molecule has 3 N–H and O–H groups in total. The molecule has 0 aliphatic carbocycles. The zero-order valence-electron chi connectivity index (χ0n) is 42.6. The highest BCUT2D eigenvalue weighted by molar-refractivity contribution is 7.47. The van der Waals surface area contributed by atoms with E-state index in [0.717, 1.165) is 44.9 Å². The lowest BCUT2D eigenvalue weighted by atomic mass is 10.0. The Balaban J connectivity index is 3.85. The summed E-state index contributed by atoms with van der Waals surface area (Å²) in [6.07, 6.45) is 56.9. The summed E-state index contributed by atoms with van der Waals surface area (Å²) >= 11 is 0. The monoisotopic (exact) mass is 912 g/mol. The molecule has 0 fully saturated rings. The van der Waals surface area contributed by atoms with Gasteiger partial charge in [0, 0.05) is 6.42 Å². The third kappa shape index (κ3) is 48.7. The minimum absolute atomic E-state index is 0.0765. The topological polar surface area (TPSA) is 105 Å². The SMILES string of the molecule is CCCCCCC/C=C\C/C=C\CCCCCCCCCCCCCCCCCCCCCCCC(=O)NC(COP(=O)(O)OCC[N+](C)(C)C)C(O)CCCCCCCCCC. The number of aliphatic hydroxyl groups is 1. The minimum atomic E-state index is -4.31. The van der Waals surface area contributed by atoms with Gasteiger partial charge in [0.2, 0.25) is 5.91 Å². The summed E-state index contributed by atoms with van der Waals surface area (Å²) in [5, 5.41) is 13.9. The van der Waals surface area contributed by atoms with Crippen molar-refractivity contribution in [3.63, 3.8) is 0 Å². The molecule has 8 nitrogen and oxygen atoms in total. The van der Waals surface area contributed by atoms with Crippen molar-refractivity contribution in [2.45, 2.75) is 276 Å². The number of rotatable bonds is 50. The van der Waals surface area contributed by atoms with Gasteiger partial charge >= 0.3 is 7.82 Å². The zero-order valence-corrected chi connectivity index (χ0v) is 43.5. The van der Waals surface area contributed by atoms with Gasteiger partial charge < -0.3 is 19.8 Å². The molecule has 0 saturated carbocycles. The van der Waals surface area contributed by atoms with Crippen molar-refractivity contribution in [1.29, 1.82) is 0 Å². The molecule has 1 amide bonds. The molecule has 0 aliphatic heterocycles. The molecule has 0 radical (unpaired) electrons. The number of hydrogen-bond acceptors (Lipinski definition) is 5. The summed E-state index contributed by atoms with van der Waals surface area (Å²) < 4.78 is 23.6. The van der Waals surface area contributed by atoms with E-state index in [4.69, 9.17) is 9.05 Å². The standard InChI is InChI=1S/C54H107N2O6P/c1-6-8-10-12-14-16-17-18-19-20-21-22-23-24-25-26-27-28-29-30-31-32-33-34-35-36-37-38-39-40-42-44-46-48-54(58)55-52(51-62-63(59,60)61-50-49-56(3,4)5)53(57)47-45-43-41-15-13-11-9-7-2/h17-18,20-21,52-53,57H,6-16,19,22-51H2,1-5H3,(H-,55,58,59,60)/p+1/b18-17-,21-20-. The van der Waals surface area contributed by atoms with Crippen molar-refractivity contribution in [2.24, 2.45) is 0 Å². The summed E-state index contributed by atoms with van der Waals surface area (Å²) in [6.45, 7) is 4.86. The number of aliphatic hydroxyl groups excluding tert-OH is 1. The number of likely N-dealkylation sites (N-methyl/N-ethyl adjacent to an activating group) is 1. The highest BCUT2D eigenvalue weighted by Gasteiger charge is 2.28. The van der Waals surface area contributed by atoms with Crippen LogP contribution in [0, 0.1) is 0 Å². The number of phosphoric acid groups is 1. The lowest BCUT2D eigenvalue weighted by Crippen LogP contribution is -2.46. The zero-order chi connectivity index (χ0) is 46.4. The molecule has 0 aromatic heterocycles. The summed E-state index contributed by atoms with van der Waals surface area (Å²) in [7, 11) is 1.62. The van der Waals surface area contributed by atoms with Crippen molar-refractivity contribution in [3.05, 3.63) is 24.3 Å². The third-order valence-electron chi connectivity index (χ3n) is 12.5. The predicted molar refractivity (Wildman–Crippen MR) is 272 cm³/mol. The van der Waals surface area contributed by atoms with E-state index in [-0.39, 0.29) is 19.1 Å². The number of allylic oxidation sites excluding steroid dienone is 4. The molecule has 0 aromatic carbocycles. The van der Waals surface area contributed by atoms with E-state index < -0.39 is 20.0 Å². The van der Waals surface area contributed by atoms with Crippen LogP contribution in [0.5, 0.6) is 0 Å². The summed E-state index contributed by atoms with van der Waals surface area (Å²) in [5.74, 6) is -0.143. The molecule has 374 valence electrons. The normalized spacial score (nSPS) is 14.2. The van der Waals surface area contributed by atoms with Crippen molar-refractivity contribution in [1.82, 2.24) is 5.32 Å². The molecule has 3 atom stereocenters. The molecule has 63 heavy (non-hydrogen) atoms. The first-order valence-electron chi connectivity index (χ1n) is 27.2. The van der Waals surface area contributed by atoms with Crippen LogP contribution in [0.4, 0.5) is 0 Å². The fraction of sp³-hybridized carbons (Fsp3) is 0.907. The van der Waals surface area contributed by atoms with Gasteiger partial charge in [-0.3, -0.25) is 13.8 Å². The van der Waals surface area contributed by atoms with E-state index in [1.54, 1.807) is 0 Å². The molecule has 0 spiro atoms. The second-order valence-electron chi connectivity index (χ2n) is 20.0. The number of hydrogen-bond donors (Lipinski definition) is 3. The quantitative estimate of drug-likeness (QED) is 0.0243. The van der Waals surface area contributed by atoms with E-state index in [1.807, 2.05) is 21.1 Å².